The van der Waals surface area contributed by atoms with Gasteiger partial charge >= 0.3 is 0 Å². The molecule has 2 aliphatic rings. The summed E-state index contributed by atoms with van der Waals surface area (Å²) in [6, 6.07) is 5.84. The molecule has 0 bridgehead atoms. The maximum Gasteiger partial charge on any atom is 0.165 e. The lowest BCUT2D eigenvalue weighted by molar-refractivity contribution is -0.116. The second-order valence-electron chi connectivity index (χ2n) is 4.46. The molecule has 0 radical (unpaired) electrons. The zero-order valence-electron chi connectivity index (χ0n) is 10.1. The number of hydrogen-bond donors (Lipinski definition) is 1. The normalized spacial score (nSPS) is 19.6. The molecular weight excluding hydrogens is 232 g/mol. The van der Waals surface area contributed by atoms with E-state index in [-0.39, 0.29) is 5.78 Å². The molecule has 5 heteroatoms. The van der Waals surface area contributed by atoms with Gasteiger partial charge in [0.05, 0.1) is 13.1 Å². The summed E-state index contributed by atoms with van der Waals surface area (Å²) in [5.41, 5.74) is 1.01. The van der Waals surface area contributed by atoms with Crippen LogP contribution in [0.25, 0.3) is 0 Å². The Balaban J connectivity index is 1.84. The molecule has 0 aromatic heterocycles. The van der Waals surface area contributed by atoms with Gasteiger partial charge in [0.1, 0.15) is 13.2 Å². The number of ketones is 1. The topological polar surface area (TPSA) is 50.8 Å². The maximum atomic E-state index is 11.6. The van der Waals surface area contributed by atoms with Crippen molar-refractivity contribution in [3.8, 4) is 11.5 Å². The average Bonchev–Trinajstić information content (AvgIpc) is 2.63. The van der Waals surface area contributed by atoms with E-state index in [4.69, 9.17) is 9.47 Å². The highest BCUT2D eigenvalue weighted by Crippen LogP contribution is 2.33. The van der Waals surface area contributed by atoms with Gasteiger partial charge in [-0.1, -0.05) is 0 Å². The molecular formula is C13H16N2O3. The number of Topliss-reactive ketones (excluding diaryl/α,β-unsaturated/α-hetero) is 1. The third-order valence-corrected chi connectivity index (χ3v) is 3.14. The quantitative estimate of drug-likeness (QED) is 0.781. The lowest BCUT2D eigenvalue weighted by atomic mass is 10.2. The van der Waals surface area contributed by atoms with E-state index < -0.39 is 0 Å². The number of benzene rings is 1. The molecule has 0 saturated carbocycles. The Bertz CT molecular complexity index is 462. The molecule has 1 aromatic carbocycles. The summed E-state index contributed by atoms with van der Waals surface area (Å²) in [5, 5.41) is 3.11. The number of fused-ring (bicyclic) bond motifs is 1. The van der Waals surface area contributed by atoms with E-state index in [1.807, 2.05) is 18.2 Å². The first-order chi connectivity index (χ1) is 8.83. The predicted molar refractivity (Wildman–Crippen MR) is 67.5 cm³/mol. The first-order valence-electron chi connectivity index (χ1n) is 6.20. The molecule has 0 amide bonds. The minimum atomic E-state index is 0.211. The van der Waals surface area contributed by atoms with Gasteiger partial charge in [-0.05, 0) is 12.1 Å². The molecule has 3 rings (SSSR count). The van der Waals surface area contributed by atoms with Crippen LogP contribution in [0.5, 0.6) is 11.5 Å². The molecule has 2 aliphatic heterocycles. The van der Waals surface area contributed by atoms with Crippen molar-refractivity contribution in [3.63, 3.8) is 0 Å². The molecule has 0 atom stereocenters. The van der Waals surface area contributed by atoms with E-state index in [2.05, 4.69) is 10.2 Å². The highest BCUT2D eigenvalue weighted by Gasteiger charge is 2.18. The summed E-state index contributed by atoms with van der Waals surface area (Å²) in [7, 11) is 0. The van der Waals surface area contributed by atoms with Crippen molar-refractivity contribution in [1.29, 1.82) is 0 Å². The molecule has 0 spiro atoms. The third kappa shape index (κ3) is 2.26. The summed E-state index contributed by atoms with van der Waals surface area (Å²) >= 11 is 0. The molecule has 0 aliphatic carbocycles. The molecule has 2 heterocycles. The fourth-order valence-corrected chi connectivity index (χ4v) is 2.24. The molecule has 1 saturated heterocycles. The SMILES string of the molecule is O=C1CNCCN(c2ccc3c(c2)OCCO3)C1. The number of rotatable bonds is 1. The number of nitrogens with zero attached hydrogens (tertiary/aromatic N) is 1. The van der Waals surface area contributed by atoms with Crippen LogP contribution >= 0.6 is 0 Å². The van der Waals surface area contributed by atoms with Gasteiger partial charge in [-0.25, -0.2) is 0 Å². The summed E-state index contributed by atoms with van der Waals surface area (Å²) in [6.07, 6.45) is 0. The van der Waals surface area contributed by atoms with Crippen LogP contribution in [0.15, 0.2) is 18.2 Å². The molecule has 96 valence electrons. The zero-order valence-corrected chi connectivity index (χ0v) is 10.1. The first-order valence-corrected chi connectivity index (χ1v) is 6.20. The van der Waals surface area contributed by atoms with Crippen LogP contribution in [0.2, 0.25) is 0 Å². The van der Waals surface area contributed by atoms with Gasteiger partial charge in [0, 0.05) is 24.8 Å². The monoisotopic (exact) mass is 248 g/mol. The van der Waals surface area contributed by atoms with E-state index in [9.17, 15) is 4.79 Å². The Kier molecular flexibility index (Phi) is 3.06. The van der Waals surface area contributed by atoms with Crippen LogP contribution in [0.1, 0.15) is 0 Å². The van der Waals surface area contributed by atoms with E-state index in [1.165, 1.54) is 0 Å². The Hall–Kier alpha value is -1.75. The molecule has 18 heavy (non-hydrogen) atoms. The predicted octanol–water partition coefficient (Wildman–Crippen LogP) is 0.436. The van der Waals surface area contributed by atoms with Crippen molar-refractivity contribution >= 4 is 11.5 Å². The Morgan fingerprint density at radius 3 is 2.89 bits per heavy atom. The number of carbonyl (C=O) groups is 1. The fourth-order valence-electron chi connectivity index (χ4n) is 2.24. The minimum Gasteiger partial charge on any atom is -0.486 e. The summed E-state index contributed by atoms with van der Waals surface area (Å²) in [5.74, 6) is 1.76. The Labute approximate surface area is 106 Å². The molecule has 1 aromatic rings. The number of carbonyl (C=O) groups excluding carboxylic acids is 1. The van der Waals surface area contributed by atoms with Gasteiger partial charge < -0.3 is 19.7 Å². The van der Waals surface area contributed by atoms with Crippen molar-refractivity contribution in [2.45, 2.75) is 0 Å². The lowest BCUT2D eigenvalue weighted by Crippen LogP contribution is -2.30. The average molecular weight is 248 g/mol. The highest BCUT2D eigenvalue weighted by molar-refractivity contribution is 5.85. The van der Waals surface area contributed by atoms with E-state index in [0.29, 0.717) is 26.3 Å². The third-order valence-electron chi connectivity index (χ3n) is 3.14. The molecule has 5 nitrogen and oxygen atoms in total. The minimum absolute atomic E-state index is 0.211. The second kappa shape index (κ2) is 4.86. The van der Waals surface area contributed by atoms with Gasteiger partial charge in [-0.2, -0.15) is 0 Å². The van der Waals surface area contributed by atoms with E-state index in [0.717, 1.165) is 30.3 Å². The number of hydrogen-bond acceptors (Lipinski definition) is 5. The number of nitrogens with one attached hydrogen (secondary N) is 1. The van der Waals surface area contributed by atoms with Gasteiger partial charge in [0.2, 0.25) is 0 Å². The smallest absolute Gasteiger partial charge is 0.165 e. The largest absolute Gasteiger partial charge is 0.486 e. The van der Waals surface area contributed by atoms with Crippen LogP contribution in [0, 0.1) is 0 Å². The van der Waals surface area contributed by atoms with Crippen LogP contribution < -0.4 is 19.7 Å². The van der Waals surface area contributed by atoms with Gasteiger partial charge in [0.25, 0.3) is 0 Å². The summed E-state index contributed by atoms with van der Waals surface area (Å²) in [4.78, 5) is 13.7. The van der Waals surface area contributed by atoms with Crippen molar-refractivity contribution in [1.82, 2.24) is 5.32 Å². The second-order valence-corrected chi connectivity index (χ2v) is 4.46. The maximum absolute atomic E-state index is 11.6. The number of anilines is 1. The van der Waals surface area contributed by atoms with Gasteiger partial charge in [0.15, 0.2) is 17.3 Å². The van der Waals surface area contributed by atoms with Crippen LogP contribution in [0.3, 0.4) is 0 Å². The summed E-state index contributed by atoms with van der Waals surface area (Å²) < 4.78 is 11.0. The zero-order chi connectivity index (χ0) is 12.4. The van der Waals surface area contributed by atoms with Crippen LogP contribution in [-0.4, -0.2) is 45.2 Å². The van der Waals surface area contributed by atoms with Crippen LogP contribution in [-0.2, 0) is 4.79 Å². The van der Waals surface area contributed by atoms with Crippen molar-refractivity contribution in [2.75, 3.05) is 44.3 Å². The molecule has 1 fully saturated rings. The Morgan fingerprint density at radius 2 is 2.00 bits per heavy atom. The standard InChI is InChI=1S/C13H16N2O3/c16-11-8-14-3-4-15(9-11)10-1-2-12-13(7-10)18-6-5-17-12/h1-2,7,14H,3-6,8-9H2. The van der Waals surface area contributed by atoms with Gasteiger partial charge in [-0.15, -0.1) is 0 Å². The molecule has 0 unspecified atom stereocenters. The van der Waals surface area contributed by atoms with Crippen molar-refractivity contribution < 1.29 is 14.3 Å². The van der Waals surface area contributed by atoms with Gasteiger partial charge in [-0.3, -0.25) is 4.79 Å². The lowest BCUT2D eigenvalue weighted by Gasteiger charge is -2.24. The Morgan fingerprint density at radius 1 is 1.17 bits per heavy atom. The highest BCUT2D eigenvalue weighted by atomic mass is 16.6. The van der Waals surface area contributed by atoms with Crippen LogP contribution in [0.4, 0.5) is 5.69 Å². The fraction of sp³-hybridized carbons (Fsp3) is 0.462. The molecule has 1 N–H and O–H groups in total. The summed E-state index contributed by atoms with van der Waals surface area (Å²) in [6.45, 7) is 3.73. The van der Waals surface area contributed by atoms with Crippen molar-refractivity contribution in [2.24, 2.45) is 0 Å². The first kappa shape index (κ1) is 11.3. The van der Waals surface area contributed by atoms with E-state index in [1.54, 1.807) is 0 Å². The van der Waals surface area contributed by atoms with E-state index >= 15 is 0 Å². The van der Waals surface area contributed by atoms with Crippen molar-refractivity contribution in [3.05, 3.63) is 18.2 Å². The number of ether oxygens (including phenoxy) is 2.